The van der Waals surface area contributed by atoms with Gasteiger partial charge in [0.15, 0.2) is 5.78 Å². The smallest absolute Gasteiger partial charge is 0.257 e. The Labute approximate surface area is 157 Å². The van der Waals surface area contributed by atoms with Crippen LogP contribution < -0.4 is 15.4 Å². The summed E-state index contributed by atoms with van der Waals surface area (Å²) in [5.41, 5.74) is 2.58. The average Bonchev–Trinajstić information content (AvgIpc) is 2.69. The molecule has 2 N–H and O–H groups in total. The number of hydrogen-bond acceptors (Lipinski definition) is 5. The number of methoxy groups -OCH3 is 1. The minimum atomic E-state index is -0.245. The van der Waals surface area contributed by atoms with Gasteiger partial charge >= 0.3 is 0 Å². The number of nitrogens with one attached hydrogen (secondary N) is 2. The van der Waals surface area contributed by atoms with E-state index in [0.717, 1.165) is 11.4 Å². The van der Waals surface area contributed by atoms with E-state index in [2.05, 4.69) is 15.6 Å². The molecule has 1 amide bonds. The van der Waals surface area contributed by atoms with E-state index >= 15 is 0 Å². The van der Waals surface area contributed by atoms with E-state index in [0.29, 0.717) is 22.6 Å². The van der Waals surface area contributed by atoms with Crippen LogP contribution in [-0.2, 0) is 0 Å². The van der Waals surface area contributed by atoms with Crippen molar-refractivity contribution in [3.8, 4) is 5.75 Å². The van der Waals surface area contributed by atoms with Crippen LogP contribution in [0.3, 0.4) is 0 Å². The first-order chi connectivity index (χ1) is 13.0. The fourth-order valence-electron chi connectivity index (χ4n) is 2.42. The summed E-state index contributed by atoms with van der Waals surface area (Å²) >= 11 is 0. The number of ether oxygens (including phenoxy) is 1. The fourth-order valence-corrected chi connectivity index (χ4v) is 2.42. The summed E-state index contributed by atoms with van der Waals surface area (Å²) in [4.78, 5) is 27.9. The van der Waals surface area contributed by atoms with Gasteiger partial charge in [-0.1, -0.05) is 0 Å². The molecule has 0 saturated carbocycles. The second kappa shape index (κ2) is 8.14. The zero-order valence-corrected chi connectivity index (χ0v) is 15.0. The van der Waals surface area contributed by atoms with Crippen molar-refractivity contribution >= 4 is 28.9 Å². The first-order valence-corrected chi connectivity index (χ1v) is 8.34. The van der Waals surface area contributed by atoms with Crippen LogP contribution in [0, 0.1) is 0 Å². The predicted octanol–water partition coefficient (Wildman–Crippen LogP) is 4.29. The van der Waals surface area contributed by atoms with Gasteiger partial charge in [-0.25, -0.2) is 4.98 Å². The van der Waals surface area contributed by atoms with Gasteiger partial charge in [-0.3, -0.25) is 9.59 Å². The van der Waals surface area contributed by atoms with E-state index in [1.54, 1.807) is 55.6 Å². The van der Waals surface area contributed by atoms with Gasteiger partial charge in [0.2, 0.25) is 0 Å². The second-order valence-electron chi connectivity index (χ2n) is 5.87. The van der Waals surface area contributed by atoms with Crippen LogP contribution in [0.25, 0.3) is 0 Å². The maximum Gasteiger partial charge on any atom is 0.257 e. The molecule has 27 heavy (non-hydrogen) atoms. The number of nitrogens with zero attached hydrogens (tertiary/aromatic N) is 1. The minimum Gasteiger partial charge on any atom is -0.497 e. The number of carbonyl (C=O) groups excluding carboxylic acids is 2. The van der Waals surface area contributed by atoms with Crippen LogP contribution in [-0.4, -0.2) is 23.8 Å². The van der Waals surface area contributed by atoms with Crippen molar-refractivity contribution < 1.29 is 14.3 Å². The van der Waals surface area contributed by atoms with Crippen molar-refractivity contribution in [2.24, 2.45) is 0 Å². The number of pyridine rings is 1. The number of hydrogen-bond donors (Lipinski definition) is 2. The molecule has 6 heteroatoms. The van der Waals surface area contributed by atoms with E-state index in [1.165, 1.54) is 13.1 Å². The van der Waals surface area contributed by atoms with Gasteiger partial charge in [0.05, 0.1) is 12.7 Å². The Hall–Kier alpha value is -3.67. The normalized spacial score (nSPS) is 10.1. The summed E-state index contributed by atoms with van der Waals surface area (Å²) in [7, 11) is 1.59. The monoisotopic (exact) mass is 361 g/mol. The number of rotatable bonds is 6. The summed E-state index contributed by atoms with van der Waals surface area (Å²) in [6.07, 6.45) is 1.51. The van der Waals surface area contributed by atoms with Crippen molar-refractivity contribution in [2.45, 2.75) is 6.92 Å². The van der Waals surface area contributed by atoms with Gasteiger partial charge in [-0.05, 0) is 67.6 Å². The minimum absolute atomic E-state index is 0.0203. The highest BCUT2D eigenvalue weighted by atomic mass is 16.5. The molecule has 0 aliphatic rings. The van der Waals surface area contributed by atoms with E-state index < -0.39 is 0 Å². The predicted molar refractivity (Wildman–Crippen MR) is 105 cm³/mol. The van der Waals surface area contributed by atoms with E-state index in [1.807, 2.05) is 12.1 Å². The summed E-state index contributed by atoms with van der Waals surface area (Å²) in [6.45, 7) is 1.53. The molecule has 3 rings (SSSR count). The number of aromatic nitrogens is 1. The Morgan fingerprint density at radius 1 is 0.852 bits per heavy atom. The summed E-state index contributed by atoms with van der Waals surface area (Å²) < 4.78 is 5.09. The lowest BCUT2D eigenvalue weighted by atomic mass is 10.1. The molecule has 0 aliphatic carbocycles. The standard InChI is InChI=1S/C21H19N3O3/c1-14(25)15-3-6-17(7-4-15)23-20-12-5-16(13-22-20)21(26)24-18-8-10-19(27-2)11-9-18/h3-13H,1-2H3,(H,22,23)(H,24,26). The summed E-state index contributed by atoms with van der Waals surface area (Å²) in [5.74, 6) is 1.10. The Morgan fingerprint density at radius 3 is 2.04 bits per heavy atom. The number of Topliss-reactive ketones (excluding diaryl/α,β-unsaturated/α-hetero) is 1. The molecule has 3 aromatic rings. The first-order valence-electron chi connectivity index (χ1n) is 8.34. The number of ketones is 1. The highest BCUT2D eigenvalue weighted by Crippen LogP contribution is 2.18. The van der Waals surface area contributed by atoms with Crippen molar-refractivity contribution in [3.63, 3.8) is 0 Å². The maximum absolute atomic E-state index is 12.3. The lowest BCUT2D eigenvalue weighted by molar-refractivity contribution is 0.101. The molecule has 0 saturated heterocycles. The molecule has 0 aliphatic heterocycles. The van der Waals surface area contributed by atoms with Gasteiger partial charge < -0.3 is 15.4 Å². The highest BCUT2D eigenvalue weighted by molar-refractivity contribution is 6.04. The third-order valence-electron chi connectivity index (χ3n) is 3.94. The second-order valence-corrected chi connectivity index (χ2v) is 5.87. The fraction of sp³-hybridized carbons (Fsp3) is 0.0952. The first kappa shape index (κ1) is 18.1. The van der Waals surface area contributed by atoms with Gasteiger partial charge in [0.25, 0.3) is 5.91 Å². The molecular formula is C21H19N3O3. The molecular weight excluding hydrogens is 342 g/mol. The molecule has 0 fully saturated rings. The van der Waals surface area contributed by atoms with Crippen LogP contribution in [0.2, 0.25) is 0 Å². The summed E-state index contributed by atoms with van der Waals surface area (Å²) in [6, 6.07) is 17.6. The molecule has 0 radical (unpaired) electrons. The van der Waals surface area contributed by atoms with Crippen LogP contribution >= 0.6 is 0 Å². The van der Waals surface area contributed by atoms with E-state index in [-0.39, 0.29) is 11.7 Å². The van der Waals surface area contributed by atoms with E-state index in [4.69, 9.17) is 4.74 Å². The van der Waals surface area contributed by atoms with Crippen LogP contribution in [0.5, 0.6) is 5.75 Å². The van der Waals surface area contributed by atoms with Gasteiger partial charge in [0, 0.05) is 23.1 Å². The molecule has 136 valence electrons. The molecule has 1 aromatic heterocycles. The van der Waals surface area contributed by atoms with E-state index in [9.17, 15) is 9.59 Å². The SMILES string of the molecule is COc1ccc(NC(=O)c2ccc(Nc3ccc(C(C)=O)cc3)nc2)cc1. The van der Waals surface area contributed by atoms with Crippen molar-refractivity contribution in [3.05, 3.63) is 78.0 Å². The maximum atomic E-state index is 12.3. The van der Waals surface area contributed by atoms with Gasteiger partial charge in [-0.2, -0.15) is 0 Å². The Kier molecular flexibility index (Phi) is 5.47. The van der Waals surface area contributed by atoms with Crippen molar-refractivity contribution in [1.82, 2.24) is 4.98 Å². The lowest BCUT2D eigenvalue weighted by Crippen LogP contribution is -2.12. The van der Waals surface area contributed by atoms with Crippen LogP contribution in [0.1, 0.15) is 27.6 Å². The number of benzene rings is 2. The third-order valence-corrected chi connectivity index (χ3v) is 3.94. The molecule has 6 nitrogen and oxygen atoms in total. The number of carbonyl (C=O) groups is 2. The molecule has 0 bridgehead atoms. The van der Waals surface area contributed by atoms with Crippen molar-refractivity contribution in [1.29, 1.82) is 0 Å². The number of amides is 1. The quantitative estimate of drug-likeness (QED) is 0.640. The molecule has 1 heterocycles. The van der Waals surface area contributed by atoms with Crippen molar-refractivity contribution in [2.75, 3.05) is 17.7 Å². The third kappa shape index (κ3) is 4.70. The summed E-state index contributed by atoms with van der Waals surface area (Å²) in [5, 5.41) is 5.94. The number of anilines is 3. The van der Waals surface area contributed by atoms with Crippen LogP contribution in [0.4, 0.5) is 17.2 Å². The molecule has 0 spiro atoms. The highest BCUT2D eigenvalue weighted by Gasteiger charge is 2.07. The van der Waals surface area contributed by atoms with Gasteiger partial charge in [0.1, 0.15) is 11.6 Å². The average molecular weight is 361 g/mol. The molecule has 2 aromatic carbocycles. The Bertz CT molecular complexity index is 934. The molecule has 0 unspecified atom stereocenters. The topological polar surface area (TPSA) is 80.3 Å². The Balaban J connectivity index is 1.63. The lowest BCUT2D eigenvalue weighted by Gasteiger charge is -2.08. The largest absolute Gasteiger partial charge is 0.497 e. The molecule has 0 atom stereocenters. The Morgan fingerprint density at radius 2 is 1.48 bits per heavy atom. The van der Waals surface area contributed by atoms with Crippen LogP contribution in [0.15, 0.2) is 66.9 Å². The zero-order chi connectivity index (χ0) is 19.2. The van der Waals surface area contributed by atoms with Gasteiger partial charge in [-0.15, -0.1) is 0 Å². The zero-order valence-electron chi connectivity index (χ0n) is 15.0.